The topological polar surface area (TPSA) is 29.5 Å². The van der Waals surface area contributed by atoms with Gasteiger partial charge in [-0.2, -0.15) is 0 Å². The van der Waals surface area contributed by atoms with Crippen LogP contribution in [0.3, 0.4) is 0 Å². The van der Waals surface area contributed by atoms with E-state index in [2.05, 4.69) is 0 Å². The molecule has 1 saturated heterocycles. The predicted octanol–water partition coefficient (Wildman–Crippen LogP) is 4.38. The van der Waals surface area contributed by atoms with Crippen molar-refractivity contribution < 1.29 is 9.63 Å². The molecule has 1 aliphatic heterocycles. The van der Waals surface area contributed by atoms with Crippen LogP contribution in [0.2, 0.25) is 10.0 Å². The van der Waals surface area contributed by atoms with Crippen LogP contribution in [-0.4, -0.2) is 24.1 Å². The smallest absolute Gasteiger partial charge is 0.271 e. The van der Waals surface area contributed by atoms with Gasteiger partial charge in [0.05, 0.1) is 11.6 Å². The second-order valence-electron chi connectivity index (χ2n) is 4.33. The van der Waals surface area contributed by atoms with Crippen molar-refractivity contribution in [1.82, 2.24) is 5.06 Å². The molecule has 19 heavy (non-hydrogen) atoms. The average Bonchev–Trinajstić information content (AvgIpc) is 2.75. The van der Waals surface area contributed by atoms with Crippen LogP contribution in [0.15, 0.2) is 18.2 Å². The molecule has 0 radical (unpaired) electrons. The van der Waals surface area contributed by atoms with Gasteiger partial charge in [-0.25, -0.2) is 5.06 Å². The van der Waals surface area contributed by atoms with E-state index in [0.717, 1.165) is 22.9 Å². The highest BCUT2D eigenvalue weighted by Gasteiger charge is 2.24. The molecular formula is C13H11Cl2NO2S. The minimum Gasteiger partial charge on any atom is -0.271 e. The van der Waals surface area contributed by atoms with Crippen LogP contribution in [0.4, 0.5) is 0 Å². The monoisotopic (exact) mass is 315 g/mol. The summed E-state index contributed by atoms with van der Waals surface area (Å²) >= 11 is 13.6. The number of thiophene rings is 1. The molecule has 0 N–H and O–H groups in total. The Morgan fingerprint density at radius 3 is 2.89 bits per heavy atom. The zero-order chi connectivity index (χ0) is 13.4. The average molecular weight is 316 g/mol. The van der Waals surface area contributed by atoms with Gasteiger partial charge in [0.25, 0.3) is 5.91 Å². The summed E-state index contributed by atoms with van der Waals surface area (Å²) in [5.74, 6) is -0.165. The van der Waals surface area contributed by atoms with Crippen molar-refractivity contribution in [2.45, 2.75) is 12.8 Å². The Hall–Kier alpha value is -0.810. The fourth-order valence-electron chi connectivity index (χ4n) is 2.05. The molecule has 0 saturated carbocycles. The summed E-state index contributed by atoms with van der Waals surface area (Å²) in [6, 6.07) is 5.43. The molecule has 2 heterocycles. The van der Waals surface area contributed by atoms with E-state index in [1.165, 1.54) is 16.4 Å². The molecule has 0 atom stereocenters. The van der Waals surface area contributed by atoms with E-state index in [0.29, 0.717) is 28.1 Å². The number of carbonyl (C=O) groups excluding carboxylic acids is 1. The Morgan fingerprint density at radius 2 is 2.16 bits per heavy atom. The quantitative estimate of drug-likeness (QED) is 0.781. The summed E-state index contributed by atoms with van der Waals surface area (Å²) in [6.45, 7) is 1.20. The van der Waals surface area contributed by atoms with E-state index in [1.807, 2.05) is 12.1 Å². The number of hydroxylamine groups is 2. The zero-order valence-corrected chi connectivity index (χ0v) is 12.3. The summed E-state index contributed by atoms with van der Waals surface area (Å²) in [5, 5.41) is 3.38. The Labute approximate surface area is 124 Å². The van der Waals surface area contributed by atoms with Crippen molar-refractivity contribution in [2.24, 2.45) is 0 Å². The molecule has 1 aromatic carbocycles. The van der Waals surface area contributed by atoms with Crippen molar-refractivity contribution in [3.63, 3.8) is 0 Å². The summed E-state index contributed by atoms with van der Waals surface area (Å²) in [7, 11) is 0. The molecule has 0 bridgehead atoms. The van der Waals surface area contributed by atoms with Gasteiger partial charge in [-0.3, -0.25) is 9.63 Å². The fourth-order valence-corrected chi connectivity index (χ4v) is 3.78. The maximum absolute atomic E-state index is 12.4. The number of hydrogen-bond acceptors (Lipinski definition) is 3. The third-order valence-electron chi connectivity index (χ3n) is 3.01. The third-order valence-corrected chi connectivity index (χ3v) is 4.90. The highest BCUT2D eigenvalue weighted by Crippen LogP contribution is 2.37. The summed E-state index contributed by atoms with van der Waals surface area (Å²) in [6.07, 6.45) is 1.94. The summed E-state index contributed by atoms with van der Waals surface area (Å²) in [4.78, 5) is 18.3. The molecule has 3 nitrogen and oxygen atoms in total. The molecule has 0 spiro atoms. The minimum atomic E-state index is -0.165. The second-order valence-corrected chi connectivity index (χ2v) is 6.20. The predicted molar refractivity (Wildman–Crippen MR) is 78.1 cm³/mol. The molecule has 0 unspecified atom stereocenters. The molecule has 3 rings (SSSR count). The first-order valence-electron chi connectivity index (χ1n) is 5.99. The molecule has 1 fully saturated rings. The Morgan fingerprint density at radius 1 is 1.32 bits per heavy atom. The van der Waals surface area contributed by atoms with Gasteiger partial charge in [0.2, 0.25) is 0 Å². The van der Waals surface area contributed by atoms with Crippen LogP contribution in [0.1, 0.15) is 22.5 Å². The number of amides is 1. The van der Waals surface area contributed by atoms with Crippen molar-refractivity contribution in [2.75, 3.05) is 13.2 Å². The highest BCUT2D eigenvalue weighted by molar-refractivity contribution is 7.21. The highest BCUT2D eigenvalue weighted by atomic mass is 35.5. The molecule has 1 aliphatic rings. The largest absolute Gasteiger partial charge is 0.289 e. The molecule has 1 aromatic heterocycles. The maximum atomic E-state index is 12.4. The number of halogens is 2. The van der Waals surface area contributed by atoms with Crippen molar-refractivity contribution >= 4 is 50.5 Å². The lowest BCUT2D eigenvalue weighted by molar-refractivity contribution is -0.143. The van der Waals surface area contributed by atoms with Crippen LogP contribution in [0.5, 0.6) is 0 Å². The van der Waals surface area contributed by atoms with E-state index in [1.54, 1.807) is 6.07 Å². The lowest BCUT2D eigenvalue weighted by atomic mass is 10.2. The molecule has 1 amide bonds. The summed E-state index contributed by atoms with van der Waals surface area (Å²) < 4.78 is 0.915. The van der Waals surface area contributed by atoms with E-state index in [-0.39, 0.29) is 5.91 Å². The van der Waals surface area contributed by atoms with E-state index < -0.39 is 0 Å². The van der Waals surface area contributed by atoms with Gasteiger partial charge in [-0.05, 0) is 25.0 Å². The summed E-state index contributed by atoms with van der Waals surface area (Å²) in [5.41, 5.74) is 0. The van der Waals surface area contributed by atoms with Crippen molar-refractivity contribution in [1.29, 1.82) is 0 Å². The second kappa shape index (κ2) is 5.29. The first-order valence-corrected chi connectivity index (χ1v) is 7.56. The van der Waals surface area contributed by atoms with Gasteiger partial charge < -0.3 is 0 Å². The first kappa shape index (κ1) is 13.2. The van der Waals surface area contributed by atoms with Crippen LogP contribution >= 0.6 is 34.5 Å². The lowest BCUT2D eigenvalue weighted by Crippen LogP contribution is -2.35. The first-order chi connectivity index (χ1) is 9.16. The standard InChI is InChI=1S/C13H11Cl2NO2S/c14-8-3-4-9-10(7-8)19-12(11(9)15)13(17)16-5-1-2-6-18-16/h3-4,7H,1-2,5-6H2. The van der Waals surface area contributed by atoms with Gasteiger partial charge in [-0.1, -0.05) is 29.3 Å². The van der Waals surface area contributed by atoms with Gasteiger partial charge in [0.15, 0.2) is 0 Å². The third kappa shape index (κ3) is 2.46. The van der Waals surface area contributed by atoms with Crippen LogP contribution in [0, 0.1) is 0 Å². The molecule has 0 aliphatic carbocycles. The number of fused-ring (bicyclic) bond motifs is 1. The Bertz CT molecular complexity index is 635. The normalized spacial score (nSPS) is 16.0. The van der Waals surface area contributed by atoms with E-state index >= 15 is 0 Å². The molecule has 2 aromatic rings. The maximum Gasteiger partial charge on any atom is 0.289 e. The van der Waals surface area contributed by atoms with Crippen LogP contribution in [0.25, 0.3) is 10.1 Å². The number of hydrogen-bond donors (Lipinski definition) is 0. The van der Waals surface area contributed by atoms with Gasteiger partial charge >= 0.3 is 0 Å². The van der Waals surface area contributed by atoms with Gasteiger partial charge in [0, 0.05) is 21.7 Å². The van der Waals surface area contributed by atoms with E-state index in [9.17, 15) is 4.79 Å². The number of nitrogens with zero attached hydrogens (tertiary/aromatic N) is 1. The molecule has 6 heteroatoms. The number of carbonyl (C=O) groups is 1. The molecule has 100 valence electrons. The van der Waals surface area contributed by atoms with Crippen LogP contribution in [-0.2, 0) is 4.84 Å². The number of benzene rings is 1. The number of rotatable bonds is 1. The van der Waals surface area contributed by atoms with Crippen molar-refractivity contribution in [3.05, 3.63) is 33.1 Å². The fraction of sp³-hybridized carbons (Fsp3) is 0.308. The Kier molecular flexibility index (Phi) is 3.67. The zero-order valence-electron chi connectivity index (χ0n) is 9.99. The van der Waals surface area contributed by atoms with Crippen LogP contribution < -0.4 is 0 Å². The van der Waals surface area contributed by atoms with Gasteiger partial charge in [0.1, 0.15) is 4.88 Å². The Balaban J connectivity index is 2.00. The van der Waals surface area contributed by atoms with Gasteiger partial charge in [-0.15, -0.1) is 11.3 Å². The molecular weight excluding hydrogens is 305 g/mol. The lowest BCUT2D eigenvalue weighted by Gasteiger charge is -2.25. The minimum absolute atomic E-state index is 0.165. The van der Waals surface area contributed by atoms with Crippen molar-refractivity contribution in [3.8, 4) is 0 Å². The van der Waals surface area contributed by atoms with E-state index in [4.69, 9.17) is 28.0 Å². The SMILES string of the molecule is O=C(c1sc2cc(Cl)ccc2c1Cl)N1CCCCO1.